The molecule has 0 fully saturated rings. The van der Waals surface area contributed by atoms with Crippen LogP contribution in [0.2, 0.25) is 0 Å². The molecule has 0 spiro atoms. The Hall–Kier alpha value is -2.29. The van der Waals surface area contributed by atoms with Crippen LogP contribution in [0.4, 0.5) is 15.9 Å². The summed E-state index contributed by atoms with van der Waals surface area (Å²) in [6, 6.07) is 4.02. The van der Waals surface area contributed by atoms with Crippen molar-refractivity contribution in [3.8, 4) is 11.6 Å². The number of hydrogen-bond donors (Lipinski definition) is 1. The van der Waals surface area contributed by atoms with Crippen LogP contribution in [-0.2, 0) is 0 Å². The van der Waals surface area contributed by atoms with E-state index in [0.717, 1.165) is 6.33 Å². The third kappa shape index (κ3) is 3.43. The summed E-state index contributed by atoms with van der Waals surface area (Å²) in [5.41, 5.74) is -0.446. The van der Waals surface area contributed by atoms with Gasteiger partial charge in [-0.3, -0.25) is 10.1 Å². The van der Waals surface area contributed by atoms with E-state index >= 15 is 0 Å². The Balaban J connectivity index is 2.46. The predicted molar refractivity (Wildman–Crippen MR) is 77.0 cm³/mol. The highest BCUT2D eigenvalue weighted by Gasteiger charge is 2.25. The Bertz CT molecular complexity index is 684. The molecule has 2 aromatic rings. The second-order valence-electron chi connectivity index (χ2n) is 3.84. The van der Waals surface area contributed by atoms with Gasteiger partial charge in [-0.05, 0) is 25.1 Å². The van der Waals surface area contributed by atoms with E-state index in [9.17, 15) is 14.5 Å². The highest BCUT2D eigenvalue weighted by atomic mass is 79.9. The summed E-state index contributed by atoms with van der Waals surface area (Å²) in [7, 11) is 0. The largest absolute Gasteiger partial charge is 0.430 e. The van der Waals surface area contributed by atoms with Crippen LogP contribution in [0.1, 0.15) is 6.92 Å². The summed E-state index contributed by atoms with van der Waals surface area (Å²) >= 11 is 3.17. The van der Waals surface area contributed by atoms with Gasteiger partial charge >= 0.3 is 11.6 Å². The quantitative estimate of drug-likeness (QED) is 0.651. The van der Waals surface area contributed by atoms with Crippen molar-refractivity contribution in [2.75, 3.05) is 11.9 Å². The Morgan fingerprint density at radius 3 is 2.90 bits per heavy atom. The first-order valence-electron chi connectivity index (χ1n) is 5.89. The van der Waals surface area contributed by atoms with E-state index in [1.54, 1.807) is 6.92 Å². The van der Waals surface area contributed by atoms with Crippen molar-refractivity contribution in [2.45, 2.75) is 6.92 Å². The van der Waals surface area contributed by atoms with Gasteiger partial charge in [-0.1, -0.05) is 15.9 Å². The standard InChI is InChI=1S/C12H10BrFN4O3/c1-2-15-11-10(18(19)20)12(17-6-16-11)21-9-5-7(13)3-4-8(9)14/h3-6H,2H2,1H3,(H,15,16,17). The van der Waals surface area contributed by atoms with Crippen molar-refractivity contribution >= 4 is 27.4 Å². The Morgan fingerprint density at radius 1 is 1.48 bits per heavy atom. The zero-order chi connectivity index (χ0) is 15.4. The number of anilines is 1. The van der Waals surface area contributed by atoms with Gasteiger partial charge in [0.25, 0.3) is 0 Å². The molecular formula is C12H10BrFN4O3. The van der Waals surface area contributed by atoms with Gasteiger partial charge in [0.05, 0.1) is 4.92 Å². The zero-order valence-corrected chi connectivity index (χ0v) is 12.4. The number of halogens is 2. The lowest BCUT2D eigenvalue weighted by molar-refractivity contribution is -0.385. The molecule has 1 aromatic heterocycles. The molecule has 0 atom stereocenters. The number of hydrogen-bond acceptors (Lipinski definition) is 6. The summed E-state index contributed by atoms with van der Waals surface area (Å²) in [5.74, 6) is -1.14. The molecule has 0 amide bonds. The second kappa shape index (κ2) is 6.44. The lowest BCUT2D eigenvalue weighted by atomic mass is 10.3. The molecule has 0 unspecified atom stereocenters. The molecule has 0 radical (unpaired) electrons. The highest BCUT2D eigenvalue weighted by molar-refractivity contribution is 9.10. The molecule has 7 nitrogen and oxygen atoms in total. The summed E-state index contributed by atoms with van der Waals surface area (Å²) in [6.45, 7) is 2.20. The van der Waals surface area contributed by atoms with Crippen LogP contribution in [-0.4, -0.2) is 21.4 Å². The number of rotatable bonds is 5. The molecule has 0 saturated carbocycles. The van der Waals surface area contributed by atoms with E-state index in [2.05, 4.69) is 31.2 Å². The summed E-state index contributed by atoms with van der Waals surface area (Å²) in [5, 5.41) is 13.9. The number of nitro groups is 1. The van der Waals surface area contributed by atoms with E-state index in [-0.39, 0.29) is 17.4 Å². The summed E-state index contributed by atoms with van der Waals surface area (Å²) in [6.07, 6.45) is 1.11. The van der Waals surface area contributed by atoms with Crippen LogP contribution in [0.15, 0.2) is 29.0 Å². The average molecular weight is 357 g/mol. The van der Waals surface area contributed by atoms with Crippen LogP contribution in [0.3, 0.4) is 0 Å². The molecule has 0 bridgehead atoms. The predicted octanol–water partition coefficient (Wildman–Crippen LogP) is 3.51. The maximum atomic E-state index is 13.7. The minimum absolute atomic E-state index is 0.0166. The molecule has 0 saturated heterocycles. The van der Waals surface area contributed by atoms with Crippen molar-refractivity contribution in [3.63, 3.8) is 0 Å². The summed E-state index contributed by atoms with van der Waals surface area (Å²) < 4.78 is 19.5. The van der Waals surface area contributed by atoms with Gasteiger partial charge in [0.15, 0.2) is 11.6 Å². The van der Waals surface area contributed by atoms with Gasteiger partial charge in [-0.25, -0.2) is 9.37 Å². The van der Waals surface area contributed by atoms with Gasteiger partial charge in [0, 0.05) is 11.0 Å². The molecule has 1 aromatic carbocycles. The molecule has 0 aliphatic heterocycles. The fourth-order valence-electron chi connectivity index (χ4n) is 1.56. The molecule has 21 heavy (non-hydrogen) atoms. The lowest BCUT2D eigenvalue weighted by Crippen LogP contribution is -2.06. The molecular weight excluding hydrogens is 347 g/mol. The van der Waals surface area contributed by atoms with E-state index in [0.29, 0.717) is 11.0 Å². The topological polar surface area (TPSA) is 90.2 Å². The maximum Gasteiger partial charge on any atom is 0.373 e. The molecule has 0 aliphatic rings. The van der Waals surface area contributed by atoms with Crippen molar-refractivity contribution in [2.24, 2.45) is 0 Å². The lowest BCUT2D eigenvalue weighted by Gasteiger charge is -2.09. The first kappa shape index (κ1) is 15.1. The smallest absolute Gasteiger partial charge is 0.373 e. The number of nitrogens with one attached hydrogen (secondary N) is 1. The molecule has 9 heteroatoms. The Morgan fingerprint density at radius 2 is 2.24 bits per heavy atom. The van der Waals surface area contributed by atoms with Gasteiger partial charge in [0.2, 0.25) is 5.82 Å². The normalized spacial score (nSPS) is 10.2. The van der Waals surface area contributed by atoms with Gasteiger partial charge in [-0.15, -0.1) is 0 Å². The highest BCUT2D eigenvalue weighted by Crippen LogP contribution is 2.35. The minimum Gasteiger partial charge on any atom is -0.430 e. The van der Waals surface area contributed by atoms with Gasteiger partial charge in [-0.2, -0.15) is 4.98 Å². The molecule has 1 heterocycles. The molecule has 110 valence electrons. The number of benzene rings is 1. The average Bonchev–Trinajstić information content (AvgIpc) is 2.43. The third-order valence-corrected chi connectivity index (χ3v) is 2.91. The van der Waals surface area contributed by atoms with E-state index in [1.165, 1.54) is 18.2 Å². The zero-order valence-electron chi connectivity index (χ0n) is 10.8. The van der Waals surface area contributed by atoms with Crippen LogP contribution in [0.5, 0.6) is 11.6 Å². The second-order valence-corrected chi connectivity index (χ2v) is 4.76. The van der Waals surface area contributed by atoms with Crippen LogP contribution in [0.25, 0.3) is 0 Å². The summed E-state index contributed by atoms with van der Waals surface area (Å²) in [4.78, 5) is 18.0. The SMILES string of the molecule is CCNc1ncnc(Oc2cc(Br)ccc2F)c1[N+](=O)[O-]. The number of nitrogens with zero attached hydrogens (tertiary/aromatic N) is 3. The van der Waals surface area contributed by atoms with Crippen molar-refractivity contribution in [3.05, 3.63) is 44.9 Å². The molecule has 1 N–H and O–H groups in total. The number of ether oxygens (including phenoxy) is 1. The maximum absolute atomic E-state index is 13.7. The van der Waals surface area contributed by atoms with Crippen molar-refractivity contribution < 1.29 is 14.1 Å². The van der Waals surface area contributed by atoms with E-state index in [4.69, 9.17) is 4.74 Å². The van der Waals surface area contributed by atoms with E-state index < -0.39 is 16.4 Å². The number of aromatic nitrogens is 2. The van der Waals surface area contributed by atoms with Crippen molar-refractivity contribution in [1.29, 1.82) is 0 Å². The minimum atomic E-state index is -0.677. The van der Waals surface area contributed by atoms with Crippen LogP contribution >= 0.6 is 15.9 Å². The third-order valence-electron chi connectivity index (χ3n) is 2.42. The fourth-order valence-corrected chi connectivity index (χ4v) is 1.90. The molecule has 0 aliphatic carbocycles. The van der Waals surface area contributed by atoms with Crippen LogP contribution < -0.4 is 10.1 Å². The first-order valence-corrected chi connectivity index (χ1v) is 6.68. The van der Waals surface area contributed by atoms with E-state index in [1.807, 2.05) is 0 Å². The van der Waals surface area contributed by atoms with Gasteiger partial charge < -0.3 is 10.1 Å². The van der Waals surface area contributed by atoms with Gasteiger partial charge in [0.1, 0.15) is 6.33 Å². The Kier molecular flexibility index (Phi) is 4.63. The monoisotopic (exact) mass is 356 g/mol. The van der Waals surface area contributed by atoms with Crippen LogP contribution in [0, 0.1) is 15.9 Å². The van der Waals surface area contributed by atoms with Crippen molar-refractivity contribution in [1.82, 2.24) is 9.97 Å². The Labute approximate surface area is 127 Å². The molecule has 2 rings (SSSR count). The first-order chi connectivity index (χ1) is 10.0. The fraction of sp³-hybridized carbons (Fsp3) is 0.167.